The molecular formula is C26H50N4O9. The molecule has 2 saturated heterocycles. The molecule has 0 spiro atoms. The monoisotopic (exact) mass is 562 g/mol. The molecule has 0 radical (unpaired) electrons. The maximum absolute atomic E-state index is 12.5. The number of carbonyl (C=O) groups is 1. The molecule has 228 valence electrons. The molecule has 13 nitrogen and oxygen atoms in total. The lowest BCUT2D eigenvalue weighted by Gasteiger charge is -2.46. The Labute approximate surface area is 230 Å². The summed E-state index contributed by atoms with van der Waals surface area (Å²) in [6.07, 6.45) is -4.85. The molecule has 13 heteroatoms. The van der Waals surface area contributed by atoms with Gasteiger partial charge in [0, 0.05) is 32.4 Å². The van der Waals surface area contributed by atoms with Crippen LogP contribution in [0, 0.1) is 11.8 Å². The van der Waals surface area contributed by atoms with Crippen LogP contribution in [-0.2, 0) is 14.2 Å². The van der Waals surface area contributed by atoms with Crippen molar-refractivity contribution in [3.8, 4) is 0 Å². The Balaban J connectivity index is 2.33. The van der Waals surface area contributed by atoms with Crippen molar-refractivity contribution in [3.05, 3.63) is 12.2 Å². The second-order valence-corrected chi connectivity index (χ2v) is 11.4. The first-order chi connectivity index (χ1) is 18.2. The molecule has 2 amide bonds. The zero-order chi connectivity index (χ0) is 29.5. The van der Waals surface area contributed by atoms with Gasteiger partial charge < -0.3 is 61.8 Å². The molecule has 0 aromatic rings. The van der Waals surface area contributed by atoms with E-state index in [4.69, 9.17) is 25.7 Å². The number of hydrogen-bond acceptors (Lipinski definition) is 11. The molecule has 11 N–H and O–H groups in total. The maximum atomic E-state index is 12.5. The fraction of sp³-hybridized carbons (Fsp3) is 0.885. The summed E-state index contributed by atoms with van der Waals surface area (Å²) in [4.78, 5) is 12.5. The van der Waals surface area contributed by atoms with E-state index in [0.717, 1.165) is 0 Å². The van der Waals surface area contributed by atoms with Gasteiger partial charge in [-0.15, -0.1) is 0 Å². The Morgan fingerprint density at radius 1 is 1.18 bits per heavy atom. The molecule has 0 bridgehead atoms. The number of urea groups is 1. The lowest BCUT2D eigenvalue weighted by molar-refractivity contribution is -0.303. The minimum absolute atomic E-state index is 0.0287. The molecule has 0 aromatic carbocycles. The number of rotatable bonds is 12. The van der Waals surface area contributed by atoms with Gasteiger partial charge in [-0.25, -0.2) is 4.79 Å². The quantitative estimate of drug-likeness (QED) is 0.126. The predicted molar refractivity (Wildman–Crippen MR) is 143 cm³/mol. The molecule has 2 rings (SSSR count). The highest BCUT2D eigenvalue weighted by molar-refractivity contribution is 5.74. The number of nitrogens with one attached hydrogen (secondary N) is 2. The average molecular weight is 563 g/mol. The van der Waals surface area contributed by atoms with Gasteiger partial charge in [0.15, 0.2) is 12.1 Å². The second-order valence-electron chi connectivity index (χ2n) is 11.4. The van der Waals surface area contributed by atoms with E-state index >= 15 is 0 Å². The van der Waals surface area contributed by atoms with E-state index in [1.165, 1.54) is 0 Å². The number of amides is 2. The number of aliphatic hydroxyl groups is 5. The van der Waals surface area contributed by atoms with E-state index in [9.17, 15) is 30.3 Å². The molecular weight excluding hydrogens is 512 g/mol. The molecule has 2 heterocycles. The van der Waals surface area contributed by atoms with Gasteiger partial charge in [0.2, 0.25) is 0 Å². The standard InChI is InChI=1S/C26H50N4O9/c1-13(2)6-7-16(38-24-23(34)20(28)22(33)15(5)37-24)10-19-21(30-25(35)29-9-8-27)18(32)12-26(36,39-19)11-17(31)14(3)4/h6-7,13-24,31-34,36H,8-12,27-28H2,1-5H3,(H2,29,30,35)/b7-6+/t15?,16?,17-,18+,19+,20?,21-,22?,23?,24?,26-/m1/s1. The first-order valence-corrected chi connectivity index (χ1v) is 13.8. The summed E-state index contributed by atoms with van der Waals surface area (Å²) in [5.74, 6) is -1.89. The van der Waals surface area contributed by atoms with E-state index in [1.54, 1.807) is 26.8 Å². The molecule has 39 heavy (non-hydrogen) atoms. The van der Waals surface area contributed by atoms with Gasteiger partial charge in [-0.1, -0.05) is 39.8 Å². The van der Waals surface area contributed by atoms with Gasteiger partial charge in [0.1, 0.15) is 6.10 Å². The lowest BCUT2D eigenvalue weighted by Crippen LogP contribution is -2.64. The van der Waals surface area contributed by atoms with Crippen LogP contribution in [0.15, 0.2) is 12.2 Å². The number of carbonyl (C=O) groups excluding carboxylic acids is 1. The topological polar surface area (TPSA) is 222 Å². The zero-order valence-corrected chi connectivity index (χ0v) is 23.6. The molecule has 0 aromatic heterocycles. The van der Waals surface area contributed by atoms with Gasteiger partial charge in [-0.3, -0.25) is 0 Å². The number of hydrogen-bond donors (Lipinski definition) is 9. The van der Waals surface area contributed by atoms with Crippen LogP contribution in [0.2, 0.25) is 0 Å². The zero-order valence-electron chi connectivity index (χ0n) is 23.6. The van der Waals surface area contributed by atoms with Crippen LogP contribution in [0.25, 0.3) is 0 Å². The van der Waals surface area contributed by atoms with Crippen molar-refractivity contribution in [3.63, 3.8) is 0 Å². The Morgan fingerprint density at radius 2 is 1.85 bits per heavy atom. The van der Waals surface area contributed by atoms with Crippen LogP contribution in [0.1, 0.15) is 53.9 Å². The van der Waals surface area contributed by atoms with Gasteiger partial charge in [-0.2, -0.15) is 0 Å². The Morgan fingerprint density at radius 3 is 2.44 bits per heavy atom. The summed E-state index contributed by atoms with van der Waals surface area (Å²) < 4.78 is 17.9. The Hall–Kier alpha value is -1.39. The van der Waals surface area contributed by atoms with Gasteiger partial charge >= 0.3 is 6.03 Å². The molecule has 2 aliphatic heterocycles. The van der Waals surface area contributed by atoms with Gasteiger partial charge in [0.05, 0.1) is 48.7 Å². The normalized spacial score (nSPS) is 37.3. The van der Waals surface area contributed by atoms with Crippen LogP contribution in [0.5, 0.6) is 0 Å². The third-order valence-corrected chi connectivity index (χ3v) is 7.12. The summed E-state index contributed by atoms with van der Waals surface area (Å²) >= 11 is 0. The van der Waals surface area contributed by atoms with Gasteiger partial charge in [0.25, 0.3) is 0 Å². The van der Waals surface area contributed by atoms with E-state index in [0.29, 0.717) is 0 Å². The molecule has 0 aliphatic carbocycles. The number of allylic oxidation sites excluding steroid dienone is 1. The fourth-order valence-corrected chi connectivity index (χ4v) is 4.68. The van der Waals surface area contributed by atoms with E-state index in [1.807, 2.05) is 19.9 Å². The van der Waals surface area contributed by atoms with Crippen molar-refractivity contribution in [1.29, 1.82) is 0 Å². The second kappa shape index (κ2) is 15.0. The first-order valence-electron chi connectivity index (χ1n) is 13.8. The highest BCUT2D eigenvalue weighted by Crippen LogP contribution is 2.35. The predicted octanol–water partition coefficient (Wildman–Crippen LogP) is -1.36. The van der Waals surface area contributed by atoms with E-state index in [-0.39, 0.29) is 44.2 Å². The van der Waals surface area contributed by atoms with Crippen molar-refractivity contribution in [2.75, 3.05) is 13.1 Å². The highest BCUT2D eigenvalue weighted by Gasteiger charge is 2.49. The van der Waals surface area contributed by atoms with Crippen molar-refractivity contribution >= 4 is 6.03 Å². The SMILES string of the molecule is CC(C)/C=C/C(C[C@@H]1O[C@](O)(C[C@@H](O)C(C)C)C[C@H](O)[C@H]1NC(=O)NCCN)OC1OC(C)C(O)C(N)C1O. The average Bonchev–Trinajstić information content (AvgIpc) is 2.84. The van der Waals surface area contributed by atoms with Crippen molar-refractivity contribution in [2.24, 2.45) is 23.3 Å². The van der Waals surface area contributed by atoms with Crippen LogP contribution in [-0.4, -0.2) is 112 Å². The van der Waals surface area contributed by atoms with Crippen molar-refractivity contribution < 1.29 is 44.5 Å². The molecule has 11 atom stereocenters. The molecule has 0 saturated carbocycles. The van der Waals surface area contributed by atoms with Crippen LogP contribution in [0.3, 0.4) is 0 Å². The number of nitrogens with two attached hydrogens (primary N) is 2. The van der Waals surface area contributed by atoms with Gasteiger partial charge in [-0.05, 0) is 18.8 Å². The van der Waals surface area contributed by atoms with Crippen LogP contribution >= 0.6 is 0 Å². The molecule has 2 aliphatic rings. The summed E-state index contributed by atoms with van der Waals surface area (Å²) in [6.45, 7) is 9.59. The van der Waals surface area contributed by atoms with E-state index < -0.39 is 72.9 Å². The minimum atomic E-state index is -1.87. The summed E-state index contributed by atoms with van der Waals surface area (Å²) in [7, 11) is 0. The number of aliphatic hydroxyl groups excluding tert-OH is 4. The summed E-state index contributed by atoms with van der Waals surface area (Å²) in [5.41, 5.74) is 11.4. The molecule has 2 fully saturated rings. The van der Waals surface area contributed by atoms with E-state index in [2.05, 4.69) is 10.6 Å². The first kappa shape index (κ1) is 33.8. The third-order valence-electron chi connectivity index (χ3n) is 7.12. The summed E-state index contributed by atoms with van der Waals surface area (Å²) in [5, 5.41) is 58.8. The maximum Gasteiger partial charge on any atom is 0.315 e. The largest absolute Gasteiger partial charge is 0.393 e. The summed E-state index contributed by atoms with van der Waals surface area (Å²) in [6, 6.07) is -2.51. The van der Waals surface area contributed by atoms with Crippen LogP contribution < -0.4 is 22.1 Å². The van der Waals surface area contributed by atoms with Crippen LogP contribution in [0.4, 0.5) is 4.79 Å². The Bertz CT molecular complexity index is 789. The molecule has 6 unspecified atom stereocenters. The lowest BCUT2D eigenvalue weighted by atomic mass is 9.86. The Kier molecular flexibility index (Phi) is 13.0. The third kappa shape index (κ3) is 9.88. The smallest absolute Gasteiger partial charge is 0.315 e. The van der Waals surface area contributed by atoms with Crippen molar-refractivity contribution in [2.45, 2.75) is 121 Å². The van der Waals surface area contributed by atoms with Crippen molar-refractivity contribution in [1.82, 2.24) is 10.6 Å². The number of ether oxygens (including phenoxy) is 3. The highest BCUT2D eigenvalue weighted by atomic mass is 16.7. The fourth-order valence-electron chi connectivity index (χ4n) is 4.68. The minimum Gasteiger partial charge on any atom is -0.393 e.